The first-order chi connectivity index (χ1) is 6.88. The molecule has 0 aromatic heterocycles. The van der Waals surface area contributed by atoms with Crippen LogP contribution in [-0.2, 0) is 9.59 Å². The summed E-state index contributed by atoms with van der Waals surface area (Å²) in [7, 11) is 0. The predicted octanol–water partition coefficient (Wildman–Crippen LogP) is -0.159. The van der Waals surface area contributed by atoms with E-state index in [1.165, 1.54) is 0 Å². The van der Waals surface area contributed by atoms with Crippen LogP contribution < -0.4 is 10.6 Å². The molecule has 1 saturated heterocycles. The highest BCUT2D eigenvalue weighted by atomic mass is 32.2. The molecule has 0 aromatic carbocycles. The van der Waals surface area contributed by atoms with Gasteiger partial charge in [0.1, 0.15) is 0 Å². The SMILES string of the molecule is O=C1NC(=NCCSC(F)(F)F)NC1=O. The Bertz CT molecular complexity index is 297. The largest absolute Gasteiger partial charge is 0.441 e. The van der Waals surface area contributed by atoms with Gasteiger partial charge in [0.2, 0.25) is 5.96 Å². The van der Waals surface area contributed by atoms with Crippen molar-refractivity contribution < 1.29 is 22.8 Å². The van der Waals surface area contributed by atoms with E-state index >= 15 is 0 Å². The van der Waals surface area contributed by atoms with Crippen LogP contribution in [0.2, 0.25) is 0 Å². The van der Waals surface area contributed by atoms with Gasteiger partial charge in [0.15, 0.2) is 0 Å². The highest BCUT2D eigenvalue weighted by Crippen LogP contribution is 2.29. The van der Waals surface area contributed by atoms with Gasteiger partial charge in [-0.3, -0.25) is 25.2 Å². The predicted molar refractivity (Wildman–Crippen MR) is 47.1 cm³/mol. The molecule has 2 amide bonds. The lowest BCUT2D eigenvalue weighted by molar-refractivity contribution is -0.135. The second-order valence-electron chi connectivity index (χ2n) is 2.43. The molecule has 0 atom stereocenters. The number of hydrogen-bond acceptors (Lipinski definition) is 4. The molecule has 15 heavy (non-hydrogen) atoms. The summed E-state index contributed by atoms with van der Waals surface area (Å²) in [5.74, 6) is -2.10. The van der Waals surface area contributed by atoms with Gasteiger partial charge < -0.3 is 0 Å². The number of aliphatic imine (C=N–C) groups is 1. The van der Waals surface area contributed by atoms with Crippen molar-refractivity contribution in [1.82, 2.24) is 10.6 Å². The van der Waals surface area contributed by atoms with Gasteiger partial charge in [0, 0.05) is 5.75 Å². The van der Waals surface area contributed by atoms with E-state index in [-0.39, 0.29) is 30.0 Å². The second-order valence-corrected chi connectivity index (χ2v) is 3.59. The fraction of sp³-hybridized carbons (Fsp3) is 0.500. The molecular formula is C6H6F3N3O2S. The molecule has 0 aliphatic carbocycles. The number of carbonyl (C=O) groups excluding carboxylic acids is 2. The normalized spacial score (nSPS) is 16.3. The average Bonchev–Trinajstić information content (AvgIpc) is 2.39. The fourth-order valence-corrected chi connectivity index (χ4v) is 1.17. The summed E-state index contributed by atoms with van der Waals surface area (Å²) in [6, 6.07) is 0. The summed E-state index contributed by atoms with van der Waals surface area (Å²) in [5.41, 5.74) is -4.29. The van der Waals surface area contributed by atoms with Crippen LogP contribution in [-0.4, -0.2) is 35.6 Å². The van der Waals surface area contributed by atoms with E-state index in [0.717, 1.165) is 0 Å². The smallest absolute Gasteiger partial charge is 0.288 e. The lowest BCUT2D eigenvalue weighted by atomic mass is 10.6. The quantitative estimate of drug-likeness (QED) is 0.533. The first-order valence-corrected chi connectivity index (χ1v) is 4.74. The van der Waals surface area contributed by atoms with Crippen molar-refractivity contribution in [2.24, 2.45) is 4.99 Å². The molecule has 9 heteroatoms. The molecule has 1 fully saturated rings. The van der Waals surface area contributed by atoms with E-state index < -0.39 is 17.3 Å². The molecular weight excluding hydrogens is 235 g/mol. The van der Waals surface area contributed by atoms with Gasteiger partial charge in [0.25, 0.3) is 0 Å². The Balaban J connectivity index is 2.28. The molecule has 0 saturated carbocycles. The average molecular weight is 241 g/mol. The lowest BCUT2D eigenvalue weighted by Crippen LogP contribution is -2.26. The Morgan fingerprint density at radius 3 is 2.20 bits per heavy atom. The number of nitrogens with zero attached hydrogens (tertiary/aromatic N) is 1. The lowest BCUT2D eigenvalue weighted by Gasteiger charge is -2.03. The van der Waals surface area contributed by atoms with Crippen LogP contribution in [0.15, 0.2) is 4.99 Å². The molecule has 0 aromatic rings. The topological polar surface area (TPSA) is 70.6 Å². The molecule has 0 bridgehead atoms. The van der Waals surface area contributed by atoms with Gasteiger partial charge in [-0.2, -0.15) is 13.2 Å². The van der Waals surface area contributed by atoms with Gasteiger partial charge in [0.05, 0.1) is 6.54 Å². The second kappa shape index (κ2) is 4.51. The van der Waals surface area contributed by atoms with Gasteiger partial charge in [-0.05, 0) is 11.8 Å². The number of hydrogen-bond donors (Lipinski definition) is 2. The van der Waals surface area contributed by atoms with Crippen LogP contribution in [0, 0.1) is 0 Å². The molecule has 2 N–H and O–H groups in total. The summed E-state index contributed by atoms with van der Waals surface area (Å²) in [5, 5.41) is 4.12. The zero-order valence-corrected chi connectivity index (χ0v) is 8.04. The summed E-state index contributed by atoms with van der Waals surface area (Å²) >= 11 is -0.214. The third-order valence-corrected chi connectivity index (χ3v) is 2.01. The molecule has 1 heterocycles. The zero-order valence-electron chi connectivity index (χ0n) is 7.22. The van der Waals surface area contributed by atoms with E-state index in [0.29, 0.717) is 0 Å². The van der Waals surface area contributed by atoms with Gasteiger partial charge in [-0.25, -0.2) is 0 Å². The van der Waals surface area contributed by atoms with Crippen molar-refractivity contribution >= 4 is 29.5 Å². The summed E-state index contributed by atoms with van der Waals surface area (Å²) in [4.78, 5) is 24.7. The highest BCUT2D eigenvalue weighted by Gasteiger charge is 2.28. The Hall–Kier alpha value is -1.25. The van der Waals surface area contributed by atoms with Crippen LogP contribution in [0.5, 0.6) is 0 Å². The van der Waals surface area contributed by atoms with Crippen LogP contribution in [0.25, 0.3) is 0 Å². The first-order valence-electron chi connectivity index (χ1n) is 3.76. The third kappa shape index (κ3) is 4.19. The summed E-state index contributed by atoms with van der Waals surface area (Å²) in [6.07, 6.45) is 0. The molecule has 0 unspecified atom stereocenters. The van der Waals surface area contributed by atoms with E-state index in [1.807, 2.05) is 0 Å². The minimum Gasteiger partial charge on any atom is -0.288 e. The van der Waals surface area contributed by atoms with Crippen LogP contribution in [0.4, 0.5) is 13.2 Å². The molecule has 1 aliphatic rings. The van der Waals surface area contributed by atoms with Crippen LogP contribution >= 0.6 is 11.8 Å². The Morgan fingerprint density at radius 1 is 1.20 bits per heavy atom. The zero-order chi connectivity index (χ0) is 11.5. The van der Waals surface area contributed by atoms with Crippen molar-refractivity contribution in [2.45, 2.75) is 5.51 Å². The number of alkyl halides is 3. The summed E-state index contributed by atoms with van der Waals surface area (Å²) < 4.78 is 35.0. The molecule has 5 nitrogen and oxygen atoms in total. The number of nitrogens with one attached hydrogen (secondary N) is 2. The number of guanidine groups is 1. The van der Waals surface area contributed by atoms with Gasteiger partial charge in [-0.15, -0.1) is 0 Å². The van der Waals surface area contributed by atoms with Crippen molar-refractivity contribution in [3.8, 4) is 0 Å². The number of carbonyl (C=O) groups is 2. The van der Waals surface area contributed by atoms with E-state index in [9.17, 15) is 22.8 Å². The Kier molecular flexibility index (Phi) is 3.56. The maximum atomic E-state index is 11.7. The molecule has 0 spiro atoms. The van der Waals surface area contributed by atoms with E-state index in [2.05, 4.69) is 15.6 Å². The van der Waals surface area contributed by atoms with Crippen molar-refractivity contribution in [3.05, 3.63) is 0 Å². The van der Waals surface area contributed by atoms with Crippen LogP contribution in [0.1, 0.15) is 0 Å². The highest BCUT2D eigenvalue weighted by molar-refractivity contribution is 8.00. The van der Waals surface area contributed by atoms with Gasteiger partial charge in [-0.1, -0.05) is 0 Å². The molecule has 1 rings (SSSR count). The molecule has 84 valence electrons. The number of amides is 2. The third-order valence-electron chi connectivity index (χ3n) is 1.30. The van der Waals surface area contributed by atoms with Crippen molar-refractivity contribution in [3.63, 3.8) is 0 Å². The standard InChI is InChI=1S/C6H6F3N3O2S/c7-6(8,9)15-2-1-10-5-11-3(13)4(14)12-5/h1-2H2,(H2,10,11,12,13,14). The monoisotopic (exact) mass is 241 g/mol. The Morgan fingerprint density at radius 2 is 1.73 bits per heavy atom. The number of halogens is 3. The minimum absolute atomic E-state index is 0.104. The van der Waals surface area contributed by atoms with E-state index in [1.54, 1.807) is 0 Å². The summed E-state index contributed by atoms with van der Waals surface area (Å²) in [6.45, 7) is -0.139. The van der Waals surface area contributed by atoms with Crippen molar-refractivity contribution in [2.75, 3.05) is 12.3 Å². The fourth-order valence-electron chi connectivity index (χ4n) is 0.758. The van der Waals surface area contributed by atoms with E-state index in [4.69, 9.17) is 0 Å². The number of rotatable bonds is 3. The maximum absolute atomic E-state index is 11.7. The number of thioether (sulfide) groups is 1. The molecule has 1 aliphatic heterocycles. The first kappa shape index (κ1) is 11.8. The van der Waals surface area contributed by atoms with Gasteiger partial charge >= 0.3 is 17.3 Å². The Labute approximate surface area is 86.5 Å². The molecule has 0 radical (unpaired) electrons. The minimum atomic E-state index is -4.29. The van der Waals surface area contributed by atoms with Crippen LogP contribution in [0.3, 0.4) is 0 Å². The maximum Gasteiger partial charge on any atom is 0.441 e. The van der Waals surface area contributed by atoms with Crippen molar-refractivity contribution in [1.29, 1.82) is 0 Å².